The molecule has 0 unspecified atom stereocenters. The van der Waals surface area contributed by atoms with Crippen LogP contribution >= 0.6 is 15.9 Å². The van der Waals surface area contributed by atoms with E-state index in [4.69, 9.17) is 0 Å². The van der Waals surface area contributed by atoms with Crippen LogP contribution < -0.4 is 16.0 Å². The summed E-state index contributed by atoms with van der Waals surface area (Å²) in [6, 6.07) is 15.9. The summed E-state index contributed by atoms with van der Waals surface area (Å²) in [5.41, 5.74) is 2.57. The minimum absolute atomic E-state index is 0.251. The van der Waals surface area contributed by atoms with Crippen LogP contribution in [0, 0.1) is 0 Å². The van der Waals surface area contributed by atoms with Crippen molar-refractivity contribution in [3.05, 3.63) is 75.9 Å². The van der Waals surface area contributed by atoms with Crippen molar-refractivity contribution in [1.29, 1.82) is 0 Å². The Morgan fingerprint density at radius 1 is 1.08 bits per heavy atom. The third-order valence-corrected chi connectivity index (χ3v) is 4.28. The van der Waals surface area contributed by atoms with Crippen molar-refractivity contribution in [3.8, 4) is 0 Å². The van der Waals surface area contributed by atoms with Crippen molar-refractivity contribution in [3.63, 3.8) is 0 Å². The maximum absolute atomic E-state index is 12.8. The predicted molar refractivity (Wildman–Crippen MR) is 96.3 cm³/mol. The number of allylic oxidation sites excluding steroid dienone is 1. The molecule has 0 radical (unpaired) electrons. The van der Waals surface area contributed by atoms with E-state index in [0.29, 0.717) is 17.0 Å². The molecular formula is C18H16BrN3O2. The average molecular weight is 386 g/mol. The number of anilines is 1. The monoisotopic (exact) mass is 385 g/mol. The molecule has 5 nitrogen and oxygen atoms in total. The predicted octanol–water partition coefficient (Wildman–Crippen LogP) is 3.72. The quantitative estimate of drug-likeness (QED) is 0.753. The molecule has 3 amide bonds. The number of benzene rings is 2. The van der Waals surface area contributed by atoms with Crippen molar-refractivity contribution in [2.45, 2.75) is 13.0 Å². The molecule has 0 saturated carbocycles. The number of urea groups is 1. The summed E-state index contributed by atoms with van der Waals surface area (Å²) in [5.74, 6) is -0.251. The smallest absolute Gasteiger partial charge is 0.319 e. The molecule has 0 aliphatic carbocycles. The fourth-order valence-corrected chi connectivity index (χ4v) is 2.88. The first-order valence-corrected chi connectivity index (χ1v) is 8.24. The zero-order valence-corrected chi connectivity index (χ0v) is 14.6. The van der Waals surface area contributed by atoms with Crippen molar-refractivity contribution in [2.24, 2.45) is 0 Å². The van der Waals surface area contributed by atoms with Gasteiger partial charge in [0.15, 0.2) is 0 Å². The average Bonchev–Trinajstić information content (AvgIpc) is 2.55. The Kier molecular flexibility index (Phi) is 4.66. The lowest BCUT2D eigenvalue weighted by atomic mass is 9.95. The molecule has 3 rings (SSSR count). The zero-order chi connectivity index (χ0) is 17.1. The molecule has 2 aromatic rings. The molecule has 6 heteroatoms. The summed E-state index contributed by atoms with van der Waals surface area (Å²) in [4.78, 5) is 24.6. The van der Waals surface area contributed by atoms with Gasteiger partial charge in [-0.3, -0.25) is 4.79 Å². The number of hydrogen-bond acceptors (Lipinski definition) is 2. The standard InChI is InChI=1S/C18H16BrN3O2/c1-11-15(17(23)21-14-5-3-2-4-6-14)16(22-18(24)20-11)12-7-9-13(19)10-8-12/h2-10,16H,1H3,(H,21,23)(H2,20,22,24)/t16-/m1/s1. The number of nitrogens with one attached hydrogen (secondary N) is 3. The number of carbonyl (C=O) groups excluding carboxylic acids is 2. The highest BCUT2D eigenvalue weighted by molar-refractivity contribution is 9.10. The molecule has 122 valence electrons. The summed E-state index contributed by atoms with van der Waals surface area (Å²) >= 11 is 3.39. The van der Waals surface area contributed by atoms with Gasteiger partial charge in [-0.2, -0.15) is 0 Å². The number of halogens is 1. The lowest BCUT2D eigenvalue weighted by Gasteiger charge is -2.28. The first-order chi connectivity index (χ1) is 11.5. The largest absolute Gasteiger partial charge is 0.327 e. The van der Waals surface area contributed by atoms with Gasteiger partial charge in [0, 0.05) is 15.9 Å². The van der Waals surface area contributed by atoms with Crippen LogP contribution in [0.2, 0.25) is 0 Å². The fraction of sp³-hybridized carbons (Fsp3) is 0.111. The second kappa shape index (κ2) is 6.88. The van der Waals surface area contributed by atoms with Gasteiger partial charge in [-0.1, -0.05) is 46.3 Å². The molecule has 3 N–H and O–H groups in total. The van der Waals surface area contributed by atoms with E-state index in [0.717, 1.165) is 10.0 Å². The molecule has 2 aromatic carbocycles. The molecule has 0 spiro atoms. The first kappa shape index (κ1) is 16.3. The van der Waals surface area contributed by atoms with Crippen LogP contribution in [-0.4, -0.2) is 11.9 Å². The SMILES string of the molecule is CC1=C(C(=O)Nc2ccccc2)[C@@H](c2ccc(Br)cc2)NC(=O)N1. The van der Waals surface area contributed by atoms with Crippen LogP contribution in [0.5, 0.6) is 0 Å². The van der Waals surface area contributed by atoms with Crippen LogP contribution in [-0.2, 0) is 4.79 Å². The second-order valence-electron chi connectivity index (χ2n) is 5.44. The Bertz CT molecular complexity index is 801. The highest BCUT2D eigenvalue weighted by atomic mass is 79.9. The van der Waals surface area contributed by atoms with E-state index in [1.807, 2.05) is 54.6 Å². The van der Waals surface area contributed by atoms with Gasteiger partial charge in [-0.05, 0) is 36.8 Å². The number of amides is 3. The fourth-order valence-electron chi connectivity index (χ4n) is 2.62. The van der Waals surface area contributed by atoms with Crippen molar-refractivity contribution in [2.75, 3.05) is 5.32 Å². The Labute approximate surface area is 148 Å². The molecule has 0 saturated heterocycles. The van der Waals surface area contributed by atoms with E-state index < -0.39 is 6.04 Å². The van der Waals surface area contributed by atoms with E-state index in [1.54, 1.807) is 6.92 Å². The second-order valence-corrected chi connectivity index (χ2v) is 6.36. The van der Waals surface area contributed by atoms with E-state index in [9.17, 15) is 9.59 Å². The maximum Gasteiger partial charge on any atom is 0.319 e. The van der Waals surface area contributed by atoms with Crippen LogP contribution in [0.1, 0.15) is 18.5 Å². The summed E-state index contributed by atoms with van der Waals surface area (Å²) in [5, 5.41) is 8.35. The molecule has 24 heavy (non-hydrogen) atoms. The van der Waals surface area contributed by atoms with Crippen molar-refractivity contribution in [1.82, 2.24) is 10.6 Å². The third-order valence-electron chi connectivity index (χ3n) is 3.75. The van der Waals surface area contributed by atoms with Crippen molar-refractivity contribution < 1.29 is 9.59 Å². The highest BCUT2D eigenvalue weighted by Crippen LogP contribution is 2.28. The molecular weight excluding hydrogens is 370 g/mol. The summed E-state index contributed by atoms with van der Waals surface area (Å²) in [6.07, 6.45) is 0. The van der Waals surface area contributed by atoms with E-state index in [2.05, 4.69) is 31.9 Å². The Hall–Kier alpha value is -2.60. The van der Waals surface area contributed by atoms with Crippen LogP contribution in [0.25, 0.3) is 0 Å². The molecule has 0 bridgehead atoms. The molecule has 0 aromatic heterocycles. The lowest BCUT2D eigenvalue weighted by Crippen LogP contribution is -2.45. The number of rotatable bonds is 3. The topological polar surface area (TPSA) is 70.2 Å². The molecule has 1 aliphatic heterocycles. The van der Waals surface area contributed by atoms with E-state index >= 15 is 0 Å². The molecule has 0 fully saturated rings. The molecule has 1 heterocycles. The zero-order valence-electron chi connectivity index (χ0n) is 13.0. The number of para-hydroxylation sites is 1. The van der Waals surface area contributed by atoms with Gasteiger partial charge in [0.1, 0.15) is 0 Å². The van der Waals surface area contributed by atoms with Gasteiger partial charge in [-0.15, -0.1) is 0 Å². The normalized spacial score (nSPS) is 17.1. The third kappa shape index (κ3) is 3.49. The first-order valence-electron chi connectivity index (χ1n) is 7.45. The van der Waals surface area contributed by atoms with Gasteiger partial charge < -0.3 is 16.0 Å². The molecule has 1 aliphatic rings. The van der Waals surface area contributed by atoms with Crippen LogP contribution in [0.4, 0.5) is 10.5 Å². The van der Waals surface area contributed by atoms with Crippen LogP contribution in [0.15, 0.2) is 70.3 Å². The number of hydrogen-bond donors (Lipinski definition) is 3. The van der Waals surface area contributed by atoms with Gasteiger partial charge in [-0.25, -0.2) is 4.79 Å². The van der Waals surface area contributed by atoms with Gasteiger partial charge in [0.25, 0.3) is 5.91 Å². The number of carbonyl (C=O) groups is 2. The Morgan fingerprint density at radius 2 is 1.75 bits per heavy atom. The molecule has 1 atom stereocenters. The van der Waals surface area contributed by atoms with Gasteiger partial charge >= 0.3 is 6.03 Å². The van der Waals surface area contributed by atoms with E-state index in [-0.39, 0.29) is 11.9 Å². The maximum atomic E-state index is 12.8. The summed E-state index contributed by atoms with van der Waals surface area (Å²) in [6.45, 7) is 1.73. The van der Waals surface area contributed by atoms with Crippen LogP contribution in [0.3, 0.4) is 0 Å². The summed E-state index contributed by atoms with van der Waals surface area (Å²) < 4.78 is 0.933. The highest BCUT2D eigenvalue weighted by Gasteiger charge is 2.31. The summed E-state index contributed by atoms with van der Waals surface area (Å²) in [7, 11) is 0. The minimum atomic E-state index is -0.504. The minimum Gasteiger partial charge on any atom is -0.327 e. The Balaban J connectivity index is 1.94. The van der Waals surface area contributed by atoms with E-state index in [1.165, 1.54) is 0 Å². The Morgan fingerprint density at radius 3 is 2.42 bits per heavy atom. The lowest BCUT2D eigenvalue weighted by molar-refractivity contribution is -0.113. The van der Waals surface area contributed by atoms with Gasteiger partial charge in [0.2, 0.25) is 0 Å². The van der Waals surface area contributed by atoms with Crippen molar-refractivity contribution >= 4 is 33.6 Å². The van der Waals surface area contributed by atoms with Gasteiger partial charge in [0.05, 0.1) is 11.6 Å².